The second-order valence-corrected chi connectivity index (χ2v) is 7.99. The minimum absolute atomic E-state index is 0.156. The molecular formula is C18H32N4O8S. The molecule has 0 saturated carbocycles. The van der Waals surface area contributed by atoms with Crippen molar-refractivity contribution >= 4 is 41.4 Å². The molecule has 0 aliphatic heterocycles. The van der Waals surface area contributed by atoms with E-state index in [2.05, 4.69) is 16.0 Å². The van der Waals surface area contributed by atoms with Crippen LogP contribution in [0.4, 0.5) is 0 Å². The number of nitrogens with one attached hydrogen (secondary N) is 3. The van der Waals surface area contributed by atoms with Gasteiger partial charge in [0.25, 0.3) is 0 Å². The van der Waals surface area contributed by atoms with Crippen molar-refractivity contribution in [2.75, 3.05) is 18.6 Å². The Balaban J connectivity index is 5.48. The fourth-order valence-electron chi connectivity index (χ4n) is 2.46. The van der Waals surface area contributed by atoms with E-state index in [1.807, 2.05) is 0 Å². The van der Waals surface area contributed by atoms with Crippen LogP contribution in [0.1, 0.15) is 33.1 Å². The summed E-state index contributed by atoms with van der Waals surface area (Å²) in [4.78, 5) is 59.8. The lowest BCUT2D eigenvalue weighted by Crippen LogP contribution is -2.58. The molecular weight excluding hydrogens is 432 g/mol. The topological polar surface area (TPSA) is 208 Å². The summed E-state index contributed by atoms with van der Waals surface area (Å²) in [6.45, 7) is 2.71. The van der Waals surface area contributed by atoms with Crippen LogP contribution in [0.25, 0.3) is 0 Å². The van der Waals surface area contributed by atoms with Gasteiger partial charge in [-0.05, 0) is 24.3 Å². The molecule has 3 amide bonds. The number of carbonyl (C=O) groups excluding carboxylic acids is 3. The first-order valence-electron chi connectivity index (χ1n) is 9.69. The molecule has 31 heavy (non-hydrogen) atoms. The van der Waals surface area contributed by atoms with Crippen LogP contribution >= 0.6 is 11.8 Å². The molecule has 8 N–H and O–H groups in total. The number of aliphatic hydroxyl groups excluding tert-OH is 1. The molecule has 0 radical (unpaired) electrons. The zero-order valence-electron chi connectivity index (χ0n) is 17.8. The highest BCUT2D eigenvalue weighted by molar-refractivity contribution is 7.98. The zero-order chi connectivity index (χ0) is 24.1. The largest absolute Gasteiger partial charge is 0.481 e. The highest BCUT2D eigenvalue weighted by Crippen LogP contribution is 2.09. The van der Waals surface area contributed by atoms with Crippen molar-refractivity contribution in [3.05, 3.63) is 0 Å². The molecule has 0 fully saturated rings. The van der Waals surface area contributed by atoms with Gasteiger partial charge in [-0.2, -0.15) is 11.8 Å². The van der Waals surface area contributed by atoms with Crippen LogP contribution in [0.3, 0.4) is 0 Å². The van der Waals surface area contributed by atoms with Crippen LogP contribution in [0, 0.1) is 5.92 Å². The number of hydrogen-bond donors (Lipinski definition) is 7. The molecule has 12 nitrogen and oxygen atoms in total. The third-order valence-electron chi connectivity index (χ3n) is 4.57. The molecule has 0 saturated heterocycles. The number of hydrogen-bond acceptors (Lipinski definition) is 8. The fourth-order valence-corrected chi connectivity index (χ4v) is 2.93. The van der Waals surface area contributed by atoms with Gasteiger partial charge in [-0.25, -0.2) is 4.79 Å². The Morgan fingerprint density at radius 3 is 1.97 bits per heavy atom. The molecule has 0 bridgehead atoms. The van der Waals surface area contributed by atoms with Crippen LogP contribution in [0.15, 0.2) is 0 Å². The number of carbonyl (C=O) groups is 5. The van der Waals surface area contributed by atoms with E-state index in [1.165, 1.54) is 11.8 Å². The summed E-state index contributed by atoms with van der Waals surface area (Å²) in [5, 5.41) is 34.3. The molecule has 0 heterocycles. The molecule has 0 aliphatic carbocycles. The van der Waals surface area contributed by atoms with Crippen LogP contribution in [-0.4, -0.2) is 87.8 Å². The lowest BCUT2D eigenvalue weighted by atomic mass is 9.98. The van der Waals surface area contributed by atoms with E-state index in [9.17, 15) is 29.1 Å². The number of carboxylic acid groups (broad SMARTS) is 2. The van der Waals surface area contributed by atoms with Crippen molar-refractivity contribution in [3.63, 3.8) is 0 Å². The molecule has 0 aromatic rings. The molecule has 13 heteroatoms. The maximum atomic E-state index is 12.7. The fraction of sp³-hybridized carbons (Fsp3) is 0.722. The summed E-state index contributed by atoms with van der Waals surface area (Å²) in [7, 11) is 0. The van der Waals surface area contributed by atoms with Crippen molar-refractivity contribution in [1.82, 2.24) is 16.0 Å². The van der Waals surface area contributed by atoms with Crippen molar-refractivity contribution in [2.24, 2.45) is 11.7 Å². The second-order valence-electron chi connectivity index (χ2n) is 7.00. The van der Waals surface area contributed by atoms with Crippen LogP contribution in [0.5, 0.6) is 0 Å². The van der Waals surface area contributed by atoms with E-state index in [0.717, 1.165) is 0 Å². The minimum Gasteiger partial charge on any atom is -0.481 e. The first-order valence-corrected chi connectivity index (χ1v) is 11.1. The molecule has 5 atom stereocenters. The Bertz CT molecular complexity index is 648. The van der Waals surface area contributed by atoms with Gasteiger partial charge >= 0.3 is 11.9 Å². The maximum absolute atomic E-state index is 12.7. The number of amides is 3. The van der Waals surface area contributed by atoms with E-state index in [0.29, 0.717) is 12.2 Å². The Hall–Kier alpha value is -2.38. The third-order valence-corrected chi connectivity index (χ3v) is 5.21. The summed E-state index contributed by atoms with van der Waals surface area (Å²) >= 11 is 1.39. The van der Waals surface area contributed by atoms with E-state index in [4.69, 9.17) is 15.9 Å². The van der Waals surface area contributed by atoms with Gasteiger partial charge in [0, 0.05) is 0 Å². The minimum atomic E-state index is -1.56. The normalized spacial score (nSPS) is 15.6. The standard InChI is InChI=1S/C18H32N4O8S/c1-4-9(2)14(18(29)30)22-17(28)12(7-13(24)25)21-16(27)11(5-6-31-3)20-15(26)10(19)8-23/h9-12,14,23H,4-8,19H2,1-3H3,(H,20,26)(H,21,27)(H,22,28)(H,24,25)(H,29,30). The lowest BCUT2D eigenvalue weighted by Gasteiger charge is -2.25. The first kappa shape index (κ1) is 28.6. The number of thioether (sulfide) groups is 1. The lowest BCUT2D eigenvalue weighted by molar-refractivity contribution is -0.144. The van der Waals surface area contributed by atoms with Gasteiger partial charge in [0.15, 0.2) is 0 Å². The van der Waals surface area contributed by atoms with Gasteiger partial charge in [-0.1, -0.05) is 20.3 Å². The first-order chi connectivity index (χ1) is 14.5. The Morgan fingerprint density at radius 1 is 0.968 bits per heavy atom. The number of aliphatic hydroxyl groups is 1. The van der Waals surface area contributed by atoms with Crippen LogP contribution in [0.2, 0.25) is 0 Å². The molecule has 0 spiro atoms. The quantitative estimate of drug-likeness (QED) is 0.143. The van der Waals surface area contributed by atoms with E-state index < -0.39 is 72.8 Å². The molecule has 0 aliphatic rings. The van der Waals surface area contributed by atoms with Gasteiger partial charge < -0.3 is 37.0 Å². The molecule has 0 aromatic heterocycles. The second kappa shape index (κ2) is 14.6. The SMILES string of the molecule is CCC(C)C(NC(=O)C(CC(=O)O)NC(=O)C(CCSC)NC(=O)C(N)CO)C(=O)O. The zero-order valence-corrected chi connectivity index (χ0v) is 18.6. The van der Waals surface area contributed by atoms with Crippen molar-refractivity contribution in [1.29, 1.82) is 0 Å². The summed E-state index contributed by atoms with van der Waals surface area (Å²) in [6, 6.07) is -5.21. The third kappa shape index (κ3) is 10.5. The van der Waals surface area contributed by atoms with Crippen LogP contribution < -0.4 is 21.7 Å². The van der Waals surface area contributed by atoms with Crippen LogP contribution in [-0.2, 0) is 24.0 Å². The highest BCUT2D eigenvalue weighted by Gasteiger charge is 2.32. The Morgan fingerprint density at radius 2 is 1.52 bits per heavy atom. The smallest absolute Gasteiger partial charge is 0.326 e. The van der Waals surface area contributed by atoms with Gasteiger partial charge in [0.2, 0.25) is 17.7 Å². The summed E-state index contributed by atoms with van der Waals surface area (Å²) in [5.41, 5.74) is 5.44. The Labute approximate surface area is 184 Å². The molecule has 5 unspecified atom stereocenters. The van der Waals surface area contributed by atoms with Gasteiger partial charge in [-0.3, -0.25) is 19.2 Å². The van der Waals surface area contributed by atoms with Crippen molar-refractivity contribution in [2.45, 2.75) is 57.3 Å². The predicted octanol–water partition coefficient (Wildman–Crippen LogP) is -1.88. The van der Waals surface area contributed by atoms with Crippen molar-refractivity contribution < 1.29 is 39.3 Å². The number of rotatable bonds is 15. The number of carboxylic acids is 2. The summed E-state index contributed by atoms with van der Waals surface area (Å²) in [6.07, 6.45) is 1.59. The maximum Gasteiger partial charge on any atom is 0.326 e. The van der Waals surface area contributed by atoms with E-state index >= 15 is 0 Å². The molecule has 0 rings (SSSR count). The monoisotopic (exact) mass is 464 g/mol. The predicted molar refractivity (Wildman–Crippen MR) is 113 cm³/mol. The van der Waals surface area contributed by atoms with Gasteiger partial charge in [0.1, 0.15) is 24.2 Å². The summed E-state index contributed by atoms with van der Waals surface area (Å²) < 4.78 is 0. The van der Waals surface area contributed by atoms with E-state index in [-0.39, 0.29) is 6.42 Å². The molecule has 0 aromatic carbocycles. The average Bonchev–Trinajstić information content (AvgIpc) is 2.71. The van der Waals surface area contributed by atoms with Gasteiger partial charge in [0.05, 0.1) is 13.0 Å². The van der Waals surface area contributed by atoms with Crippen molar-refractivity contribution in [3.8, 4) is 0 Å². The molecule has 178 valence electrons. The number of aliphatic carboxylic acids is 2. The Kier molecular flexibility index (Phi) is 13.5. The van der Waals surface area contributed by atoms with E-state index in [1.54, 1.807) is 20.1 Å². The summed E-state index contributed by atoms with van der Waals surface area (Å²) in [5.74, 6) is -5.23. The average molecular weight is 465 g/mol. The number of nitrogens with two attached hydrogens (primary N) is 1. The highest BCUT2D eigenvalue weighted by atomic mass is 32.2. The van der Waals surface area contributed by atoms with Gasteiger partial charge in [-0.15, -0.1) is 0 Å².